The summed E-state index contributed by atoms with van der Waals surface area (Å²) in [5, 5.41) is 10.1. The second-order valence-corrected chi connectivity index (χ2v) is 11.4. The van der Waals surface area contributed by atoms with E-state index in [0.717, 1.165) is 63.6 Å². The number of unbranched alkanes of at least 4 members (excludes halogenated alkanes) is 3. The van der Waals surface area contributed by atoms with E-state index in [1.165, 1.54) is 18.4 Å². The molecule has 1 aromatic rings. The first-order valence-corrected chi connectivity index (χ1v) is 14.7. The Bertz CT molecular complexity index is 1000. The minimum Gasteiger partial charge on any atom is -0.381 e. The first-order valence-electron chi connectivity index (χ1n) is 14.7. The first kappa shape index (κ1) is 25.9. The third-order valence-electron chi connectivity index (χ3n) is 8.98. The highest BCUT2D eigenvalue weighted by molar-refractivity contribution is 5.82. The number of allylic oxidation sites excluding steroid dienone is 3. The molecule has 0 bridgehead atoms. The fourth-order valence-electron chi connectivity index (χ4n) is 7.09. The Morgan fingerprint density at radius 2 is 1.92 bits per heavy atom. The van der Waals surface area contributed by atoms with Crippen molar-refractivity contribution in [1.29, 1.82) is 0 Å². The van der Waals surface area contributed by atoms with E-state index in [1.54, 1.807) is 0 Å². The zero-order chi connectivity index (χ0) is 25.6. The largest absolute Gasteiger partial charge is 0.381 e. The van der Waals surface area contributed by atoms with Crippen LogP contribution in [0.2, 0.25) is 0 Å². The standard InChI is InChI=1S/C31H44N4O2/c1-2-3-4-12-20-32-31(37)34-27-18-11-9-16-24(27)30(36)35-21-19-25-28(22-13-6-5-7-14-22)33-26-17-10-8-15-23(26)29(25)35/h5-8,10,13,15,17,22,24-25,27-29,33H,2-4,9,11-12,14,16,18-21H2,1H3,(H2,32,34,37)/t22?,24-,25+,27+,28-,29-/m0/s1. The molecular formula is C31H44N4O2. The normalized spacial score (nSPS) is 30.2. The predicted octanol–water partition coefficient (Wildman–Crippen LogP) is 5.94. The van der Waals surface area contributed by atoms with Gasteiger partial charge < -0.3 is 20.9 Å². The monoisotopic (exact) mass is 504 g/mol. The quantitative estimate of drug-likeness (QED) is 0.384. The molecule has 2 aliphatic heterocycles. The molecule has 4 aliphatic rings. The number of hydrogen-bond acceptors (Lipinski definition) is 3. The number of fused-ring (bicyclic) bond motifs is 3. The summed E-state index contributed by atoms with van der Waals surface area (Å²) in [5.74, 6) is 0.916. The second kappa shape index (κ2) is 12.2. The molecule has 6 heteroatoms. The van der Waals surface area contributed by atoms with Gasteiger partial charge in [0.1, 0.15) is 0 Å². The smallest absolute Gasteiger partial charge is 0.315 e. The maximum absolute atomic E-state index is 14.2. The molecule has 1 saturated carbocycles. The van der Waals surface area contributed by atoms with Crippen LogP contribution in [-0.2, 0) is 4.79 Å². The maximum atomic E-state index is 14.2. The van der Waals surface area contributed by atoms with Gasteiger partial charge in [-0.05, 0) is 43.7 Å². The van der Waals surface area contributed by atoms with Gasteiger partial charge in [0.15, 0.2) is 0 Å². The van der Waals surface area contributed by atoms with E-state index < -0.39 is 0 Å². The predicted molar refractivity (Wildman–Crippen MR) is 149 cm³/mol. The van der Waals surface area contributed by atoms with Gasteiger partial charge in [0.25, 0.3) is 0 Å². The van der Waals surface area contributed by atoms with Gasteiger partial charge in [-0.1, -0.05) is 81.5 Å². The fourth-order valence-corrected chi connectivity index (χ4v) is 7.09. The lowest BCUT2D eigenvalue weighted by Gasteiger charge is -2.44. The molecular weight excluding hydrogens is 460 g/mol. The van der Waals surface area contributed by atoms with E-state index in [1.807, 2.05) is 0 Å². The van der Waals surface area contributed by atoms with Gasteiger partial charge in [-0.3, -0.25) is 4.79 Å². The van der Waals surface area contributed by atoms with Crippen LogP contribution in [0.15, 0.2) is 48.6 Å². The van der Waals surface area contributed by atoms with Crippen molar-refractivity contribution in [1.82, 2.24) is 15.5 Å². The summed E-state index contributed by atoms with van der Waals surface area (Å²) < 4.78 is 0. The first-order chi connectivity index (χ1) is 18.2. The number of amides is 3. The summed E-state index contributed by atoms with van der Waals surface area (Å²) in [6, 6.07) is 8.75. The second-order valence-electron chi connectivity index (χ2n) is 11.4. The van der Waals surface area contributed by atoms with Gasteiger partial charge in [-0.15, -0.1) is 0 Å². The van der Waals surface area contributed by atoms with Crippen LogP contribution in [0.5, 0.6) is 0 Å². The molecule has 2 aliphatic carbocycles. The number of likely N-dealkylation sites (tertiary alicyclic amines) is 1. The molecule has 200 valence electrons. The number of benzene rings is 1. The molecule has 0 aromatic heterocycles. The van der Waals surface area contributed by atoms with Crippen molar-refractivity contribution in [2.75, 3.05) is 18.4 Å². The van der Waals surface area contributed by atoms with Crippen molar-refractivity contribution >= 4 is 17.6 Å². The number of para-hydroxylation sites is 1. The van der Waals surface area contributed by atoms with Crippen molar-refractivity contribution in [2.24, 2.45) is 17.8 Å². The summed E-state index contributed by atoms with van der Waals surface area (Å²) in [7, 11) is 0. The molecule has 1 saturated heterocycles. The van der Waals surface area contributed by atoms with Gasteiger partial charge in [0.05, 0.1) is 12.0 Å². The number of carbonyl (C=O) groups excluding carboxylic acids is 2. The molecule has 1 aromatic carbocycles. The molecule has 3 amide bonds. The number of rotatable bonds is 8. The highest BCUT2D eigenvalue weighted by atomic mass is 16.2. The molecule has 6 atom stereocenters. The molecule has 0 radical (unpaired) electrons. The van der Waals surface area contributed by atoms with Crippen molar-refractivity contribution in [3.63, 3.8) is 0 Å². The number of carbonyl (C=O) groups is 2. The van der Waals surface area contributed by atoms with Crippen molar-refractivity contribution in [3.05, 3.63) is 54.1 Å². The van der Waals surface area contributed by atoms with Gasteiger partial charge in [-0.2, -0.15) is 0 Å². The minimum atomic E-state index is -0.142. The Labute approximate surface area is 222 Å². The summed E-state index contributed by atoms with van der Waals surface area (Å²) in [6.07, 6.45) is 19.3. The Morgan fingerprint density at radius 1 is 1.05 bits per heavy atom. The van der Waals surface area contributed by atoms with Crippen molar-refractivity contribution in [2.45, 2.75) is 89.3 Å². The number of anilines is 1. The minimum absolute atomic E-state index is 0.0879. The zero-order valence-corrected chi connectivity index (χ0v) is 22.3. The highest BCUT2D eigenvalue weighted by Gasteiger charge is 2.49. The Kier molecular flexibility index (Phi) is 8.52. The molecule has 37 heavy (non-hydrogen) atoms. The van der Waals surface area contributed by atoms with Crippen molar-refractivity contribution in [3.8, 4) is 0 Å². The lowest BCUT2D eigenvalue weighted by atomic mass is 9.75. The Morgan fingerprint density at radius 3 is 2.76 bits per heavy atom. The molecule has 2 heterocycles. The lowest BCUT2D eigenvalue weighted by molar-refractivity contribution is -0.138. The molecule has 3 N–H and O–H groups in total. The summed E-state index contributed by atoms with van der Waals surface area (Å²) in [4.78, 5) is 29.0. The van der Waals surface area contributed by atoms with Crippen LogP contribution in [0, 0.1) is 17.8 Å². The number of nitrogens with one attached hydrogen (secondary N) is 3. The highest BCUT2D eigenvalue weighted by Crippen LogP contribution is 2.49. The van der Waals surface area contributed by atoms with Gasteiger partial charge in [0, 0.05) is 42.7 Å². The van der Waals surface area contributed by atoms with Gasteiger partial charge >= 0.3 is 6.03 Å². The molecule has 5 rings (SSSR count). The summed E-state index contributed by atoms with van der Waals surface area (Å²) in [6.45, 7) is 3.68. The lowest BCUT2D eigenvalue weighted by Crippen LogP contribution is -2.52. The fraction of sp³-hybridized carbons (Fsp3) is 0.613. The average Bonchev–Trinajstić information content (AvgIpc) is 3.38. The van der Waals surface area contributed by atoms with Crippen LogP contribution in [0.4, 0.5) is 10.5 Å². The Balaban J connectivity index is 1.29. The molecule has 6 nitrogen and oxygen atoms in total. The van der Waals surface area contributed by atoms with E-state index in [-0.39, 0.29) is 29.9 Å². The van der Waals surface area contributed by atoms with Crippen LogP contribution < -0.4 is 16.0 Å². The van der Waals surface area contributed by atoms with Crippen LogP contribution in [0.3, 0.4) is 0 Å². The SMILES string of the molecule is CCCCCCNC(=O)N[C@@H]1CCCC[C@@H]1C(=O)N1CC[C@@H]2[C@H](C3C=CC=CC3)Nc3ccccc3[C@@H]21. The van der Waals surface area contributed by atoms with E-state index in [2.05, 4.69) is 76.3 Å². The van der Waals surface area contributed by atoms with Gasteiger partial charge in [-0.25, -0.2) is 4.79 Å². The topological polar surface area (TPSA) is 73.5 Å². The molecule has 0 spiro atoms. The van der Waals surface area contributed by atoms with Gasteiger partial charge in [0.2, 0.25) is 5.91 Å². The average molecular weight is 505 g/mol. The molecule has 1 unspecified atom stereocenters. The van der Waals surface area contributed by atoms with E-state index in [4.69, 9.17) is 0 Å². The Hall–Kier alpha value is -2.76. The summed E-state index contributed by atoms with van der Waals surface area (Å²) in [5.41, 5.74) is 2.41. The number of nitrogens with zero attached hydrogens (tertiary/aromatic N) is 1. The maximum Gasteiger partial charge on any atom is 0.315 e. The zero-order valence-electron chi connectivity index (χ0n) is 22.3. The number of hydrogen-bond donors (Lipinski definition) is 3. The van der Waals surface area contributed by atoms with E-state index >= 15 is 0 Å². The van der Waals surface area contributed by atoms with Crippen LogP contribution in [0.1, 0.15) is 82.7 Å². The number of urea groups is 1. The van der Waals surface area contributed by atoms with Crippen LogP contribution >= 0.6 is 0 Å². The van der Waals surface area contributed by atoms with E-state index in [9.17, 15) is 9.59 Å². The third-order valence-corrected chi connectivity index (χ3v) is 8.98. The molecule has 2 fully saturated rings. The van der Waals surface area contributed by atoms with E-state index in [0.29, 0.717) is 24.4 Å². The van der Waals surface area contributed by atoms with Crippen LogP contribution in [0.25, 0.3) is 0 Å². The summed E-state index contributed by atoms with van der Waals surface area (Å²) >= 11 is 0. The van der Waals surface area contributed by atoms with Crippen LogP contribution in [-0.4, -0.2) is 42.0 Å². The third kappa shape index (κ3) is 5.73. The van der Waals surface area contributed by atoms with Crippen molar-refractivity contribution < 1.29 is 9.59 Å².